The van der Waals surface area contributed by atoms with Crippen molar-refractivity contribution in [1.29, 1.82) is 0 Å². The number of anilines is 1. The summed E-state index contributed by atoms with van der Waals surface area (Å²) in [6.07, 6.45) is 0. The van der Waals surface area contributed by atoms with Crippen molar-refractivity contribution in [1.82, 2.24) is 4.98 Å². The maximum Gasteiger partial charge on any atom is 0.238 e. The fourth-order valence-corrected chi connectivity index (χ4v) is 2.87. The minimum atomic E-state index is -3.64. The lowest BCUT2D eigenvalue weighted by Gasteiger charge is -2.13. The van der Waals surface area contributed by atoms with Gasteiger partial charge in [0.1, 0.15) is 0 Å². The molecule has 7 heteroatoms. The van der Waals surface area contributed by atoms with Crippen molar-refractivity contribution in [3.05, 3.63) is 40.3 Å². The van der Waals surface area contributed by atoms with Crippen molar-refractivity contribution in [2.24, 2.45) is 5.14 Å². The molecule has 0 saturated heterocycles. The molecule has 3 N–H and O–H groups in total. The lowest BCUT2D eigenvalue weighted by atomic mass is 10.2. The van der Waals surface area contributed by atoms with Crippen LogP contribution in [0.1, 0.15) is 23.7 Å². The number of hydrogen-bond donors (Lipinski definition) is 2. The molecule has 0 aliphatic rings. The largest absolute Gasteiger partial charge is 0.377 e. The van der Waals surface area contributed by atoms with E-state index in [9.17, 15) is 8.42 Å². The van der Waals surface area contributed by atoms with Crippen LogP contribution in [0.2, 0.25) is 0 Å². The summed E-state index contributed by atoms with van der Waals surface area (Å²) in [7, 11) is -3.64. The van der Waals surface area contributed by atoms with Crippen molar-refractivity contribution in [2.45, 2.75) is 24.8 Å². The number of benzene rings is 1. The van der Waals surface area contributed by atoms with Crippen LogP contribution < -0.4 is 10.5 Å². The molecular formula is C12H15N3O2S2. The Kier molecular flexibility index (Phi) is 3.88. The molecule has 0 saturated carbocycles. The van der Waals surface area contributed by atoms with E-state index in [1.165, 1.54) is 12.1 Å². The van der Waals surface area contributed by atoms with E-state index in [2.05, 4.69) is 10.3 Å². The molecule has 0 aliphatic heterocycles. The Hall–Kier alpha value is -1.44. The van der Waals surface area contributed by atoms with Gasteiger partial charge in [-0.1, -0.05) is 0 Å². The average molecular weight is 297 g/mol. The van der Waals surface area contributed by atoms with Crippen molar-refractivity contribution in [3.63, 3.8) is 0 Å². The lowest BCUT2D eigenvalue weighted by Crippen LogP contribution is -2.12. The topological polar surface area (TPSA) is 85.1 Å². The fraction of sp³-hybridized carbons (Fsp3) is 0.250. The van der Waals surface area contributed by atoms with E-state index in [1.54, 1.807) is 23.5 Å². The molecule has 0 spiro atoms. The second kappa shape index (κ2) is 5.28. The van der Waals surface area contributed by atoms with Crippen LogP contribution in [0.15, 0.2) is 34.5 Å². The minimum absolute atomic E-state index is 0.0604. The molecule has 0 aliphatic carbocycles. The highest BCUT2D eigenvalue weighted by Crippen LogP contribution is 2.21. The van der Waals surface area contributed by atoms with Crippen LogP contribution in [0.4, 0.5) is 5.69 Å². The van der Waals surface area contributed by atoms with Gasteiger partial charge in [0.05, 0.1) is 21.6 Å². The Morgan fingerprint density at radius 1 is 1.32 bits per heavy atom. The van der Waals surface area contributed by atoms with Gasteiger partial charge in [-0.2, -0.15) is 0 Å². The van der Waals surface area contributed by atoms with Crippen LogP contribution in [0.5, 0.6) is 0 Å². The number of thiazole rings is 1. The maximum atomic E-state index is 11.1. The van der Waals surface area contributed by atoms with Crippen LogP contribution in [-0.4, -0.2) is 13.4 Å². The molecule has 2 aromatic rings. The third-order valence-corrected chi connectivity index (χ3v) is 4.37. The summed E-state index contributed by atoms with van der Waals surface area (Å²) in [6, 6.07) is 6.41. The van der Waals surface area contributed by atoms with Crippen LogP contribution in [-0.2, 0) is 10.0 Å². The molecule has 102 valence electrons. The van der Waals surface area contributed by atoms with Gasteiger partial charge in [-0.15, -0.1) is 11.3 Å². The van der Waals surface area contributed by atoms with E-state index < -0.39 is 10.0 Å². The van der Waals surface area contributed by atoms with Crippen LogP contribution in [0.3, 0.4) is 0 Å². The predicted molar refractivity (Wildman–Crippen MR) is 76.7 cm³/mol. The SMILES string of the molecule is Cc1nc(C(C)Nc2ccc(S(N)(=O)=O)cc2)cs1. The third-order valence-electron chi connectivity index (χ3n) is 2.65. The number of sulfonamides is 1. The third kappa shape index (κ3) is 3.52. The first-order chi connectivity index (χ1) is 8.86. The summed E-state index contributed by atoms with van der Waals surface area (Å²) >= 11 is 1.60. The highest BCUT2D eigenvalue weighted by atomic mass is 32.2. The molecule has 0 radical (unpaired) electrons. The molecule has 2 rings (SSSR count). The first kappa shape index (κ1) is 14.0. The van der Waals surface area contributed by atoms with E-state index in [4.69, 9.17) is 5.14 Å². The monoisotopic (exact) mass is 297 g/mol. The normalized spacial score (nSPS) is 13.2. The van der Waals surface area contributed by atoms with Crippen LogP contribution in [0, 0.1) is 6.92 Å². The summed E-state index contributed by atoms with van der Waals surface area (Å²) in [6.45, 7) is 3.96. The quantitative estimate of drug-likeness (QED) is 0.906. The number of aryl methyl sites for hydroxylation is 1. The Bertz CT molecular complexity index is 663. The van der Waals surface area contributed by atoms with E-state index in [0.717, 1.165) is 16.4 Å². The minimum Gasteiger partial charge on any atom is -0.377 e. The first-order valence-corrected chi connectivity index (χ1v) is 8.10. The van der Waals surface area contributed by atoms with Gasteiger partial charge in [-0.05, 0) is 38.1 Å². The molecule has 19 heavy (non-hydrogen) atoms. The van der Waals surface area contributed by atoms with Gasteiger partial charge >= 0.3 is 0 Å². The molecule has 1 aromatic carbocycles. The molecule has 0 amide bonds. The van der Waals surface area contributed by atoms with Crippen molar-refractivity contribution >= 4 is 27.0 Å². The van der Waals surface area contributed by atoms with Gasteiger partial charge < -0.3 is 5.32 Å². The van der Waals surface area contributed by atoms with E-state index in [1.807, 2.05) is 19.2 Å². The summed E-state index contributed by atoms with van der Waals surface area (Å²) in [4.78, 5) is 4.51. The summed E-state index contributed by atoms with van der Waals surface area (Å²) in [5.74, 6) is 0. The summed E-state index contributed by atoms with van der Waals surface area (Å²) in [5, 5.41) is 11.3. The number of hydrogen-bond acceptors (Lipinski definition) is 5. The molecule has 1 unspecified atom stereocenters. The zero-order valence-corrected chi connectivity index (χ0v) is 12.3. The Balaban J connectivity index is 2.12. The van der Waals surface area contributed by atoms with Crippen molar-refractivity contribution in [2.75, 3.05) is 5.32 Å². The number of nitrogens with zero attached hydrogens (tertiary/aromatic N) is 1. The zero-order chi connectivity index (χ0) is 14.0. The number of nitrogens with two attached hydrogens (primary N) is 1. The van der Waals surface area contributed by atoms with Crippen molar-refractivity contribution in [3.8, 4) is 0 Å². The van der Waals surface area contributed by atoms with Crippen molar-refractivity contribution < 1.29 is 8.42 Å². The fourth-order valence-electron chi connectivity index (χ4n) is 1.64. The Morgan fingerprint density at radius 2 is 1.95 bits per heavy atom. The van der Waals surface area contributed by atoms with Gasteiger partial charge in [-0.3, -0.25) is 0 Å². The van der Waals surface area contributed by atoms with Gasteiger partial charge in [0.25, 0.3) is 0 Å². The second-order valence-corrected chi connectivity index (χ2v) is 6.85. The zero-order valence-electron chi connectivity index (χ0n) is 10.6. The summed E-state index contributed by atoms with van der Waals surface area (Å²) in [5.41, 5.74) is 1.79. The average Bonchev–Trinajstić information content (AvgIpc) is 2.75. The summed E-state index contributed by atoms with van der Waals surface area (Å²) < 4.78 is 22.3. The first-order valence-electron chi connectivity index (χ1n) is 5.67. The van der Waals surface area contributed by atoms with Gasteiger partial charge in [-0.25, -0.2) is 18.5 Å². The Morgan fingerprint density at radius 3 is 2.42 bits per heavy atom. The number of primary sulfonamides is 1. The van der Waals surface area contributed by atoms with Gasteiger partial charge in [0, 0.05) is 11.1 Å². The number of aromatic nitrogens is 1. The highest BCUT2D eigenvalue weighted by Gasteiger charge is 2.10. The Labute approximate surface area is 116 Å². The standard InChI is InChI=1S/C12H15N3O2S2/c1-8(12-7-18-9(2)15-12)14-10-3-5-11(6-4-10)19(13,16)17/h3-8,14H,1-2H3,(H2,13,16,17). The van der Waals surface area contributed by atoms with E-state index >= 15 is 0 Å². The molecule has 5 nitrogen and oxygen atoms in total. The molecule has 1 atom stereocenters. The number of nitrogens with one attached hydrogen (secondary N) is 1. The van der Waals surface area contributed by atoms with Gasteiger partial charge in [0.2, 0.25) is 10.0 Å². The molecule has 0 fully saturated rings. The predicted octanol–water partition coefficient (Wildman–Crippen LogP) is 2.27. The van der Waals surface area contributed by atoms with E-state index in [-0.39, 0.29) is 10.9 Å². The van der Waals surface area contributed by atoms with Crippen LogP contribution >= 0.6 is 11.3 Å². The smallest absolute Gasteiger partial charge is 0.238 e. The molecular weight excluding hydrogens is 282 g/mol. The van der Waals surface area contributed by atoms with Crippen LogP contribution in [0.25, 0.3) is 0 Å². The lowest BCUT2D eigenvalue weighted by molar-refractivity contribution is 0.598. The van der Waals surface area contributed by atoms with E-state index in [0.29, 0.717) is 0 Å². The maximum absolute atomic E-state index is 11.1. The second-order valence-electron chi connectivity index (χ2n) is 4.23. The molecule has 1 aromatic heterocycles. The van der Waals surface area contributed by atoms with Gasteiger partial charge in [0.15, 0.2) is 0 Å². The molecule has 0 bridgehead atoms. The highest BCUT2D eigenvalue weighted by molar-refractivity contribution is 7.89. The number of rotatable bonds is 4. The molecule has 1 heterocycles.